The van der Waals surface area contributed by atoms with Gasteiger partial charge in [-0.3, -0.25) is 14.4 Å². The van der Waals surface area contributed by atoms with E-state index in [2.05, 4.69) is 10.3 Å². The van der Waals surface area contributed by atoms with Gasteiger partial charge in [0.15, 0.2) is 0 Å². The number of likely N-dealkylation sites (N-methyl/N-ethyl adjacent to an activating group) is 2. The van der Waals surface area contributed by atoms with Gasteiger partial charge in [0.1, 0.15) is 5.69 Å². The summed E-state index contributed by atoms with van der Waals surface area (Å²) in [6.45, 7) is -0.0493. The zero-order chi connectivity index (χ0) is 12.1. The summed E-state index contributed by atoms with van der Waals surface area (Å²) >= 11 is 0. The predicted octanol–water partition coefficient (Wildman–Crippen LogP) is -0.807. The van der Waals surface area contributed by atoms with Crippen molar-refractivity contribution in [2.24, 2.45) is 0 Å². The highest BCUT2D eigenvalue weighted by Gasteiger charge is 2.14. The van der Waals surface area contributed by atoms with Crippen molar-refractivity contribution in [2.45, 2.75) is 0 Å². The molecule has 0 radical (unpaired) electrons. The van der Waals surface area contributed by atoms with Gasteiger partial charge >= 0.3 is 0 Å². The van der Waals surface area contributed by atoms with Gasteiger partial charge < -0.3 is 15.2 Å². The van der Waals surface area contributed by atoms with Crippen LogP contribution in [0.15, 0.2) is 23.0 Å². The molecule has 0 atom stereocenters. The third kappa shape index (κ3) is 2.94. The molecule has 16 heavy (non-hydrogen) atoms. The number of hydrogen-bond acceptors (Lipinski definition) is 3. The molecule has 0 aliphatic heterocycles. The molecular weight excluding hydrogens is 210 g/mol. The van der Waals surface area contributed by atoms with Gasteiger partial charge in [0.25, 0.3) is 5.91 Å². The van der Waals surface area contributed by atoms with Crippen molar-refractivity contribution < 1.29 is 9.59 Å². The van der Waals surface area contributed by atoms with Crippen LogP contribution in [0.25, 0.3) is 0 Å². The second-order valence-electron chi connectivity index (χ2n) is 3.26. The summed E-state index contributed by atoms with van der Waals surface area (Å²) in [7, 11) is 2.98. The lowest BCUT2D eigenvalue weighted by molar-refractivity contribution is -0.121. The van der Waals surface area contributed by atoms with Crippen LogP contribution in [0.1, 0.15) is 10.5 Å². The minimum atomic E-state index is -0.402. The number of aromatic nitrogens is 1. The SMILES string of the molecule is CNC(=O)CN(C)C(=O)c1cccc(=O)[nH]1. The van der Waals surface area contributed by atoms with Crippen molar-refractivity contribution in [3.05, 3.63) is 34.2 Å². The van der Waals surface area contributed by atoms with Gasteiger partial charge in [-0.15, -0.1) is 0 Å². The number of hydrogen-bond donors (Lipinski definition) is 2. The average molecular weight is 223 g/mol. The van der Waals surface area contributed by atoms with E-state index in [-0.39, 0.29) is 23.7 Å². The maximum Gasteiger partial charge on any atom is 0.270 e. The molecule has 0 aliphatic carbocycles. The zero-order valence-electron chi connectivity index (χ0n) is 9.11. The molecule has 6 nitrogen and oxygen atoms in total. The predicted molar refractivity (Wildman–Crippen MR) is 58.1 cm³/mol. The standard InChI is InChI=1S/C10H13N3O3/c1-11-9(15)6-13(2)10(16)7-4-3-5-8(14)12-7/h3-5H,6H2,1-2H3,(H,11,15)(H,12,14). The number of nitrogens with zero attached hydrogens (tertiary/aromatic N) is 1. The highest BCUT2D eigenvalue weighted by atomic mass is 16.2. The summed E-state index contributed by atoms with van der Waals surface area (Å²) < 4.78 is 0. The van der Waals surface area contributed by atoms with E-state index in [0.717, 1.165) is 0 Å². The molecule has 6 heteroatoms. The Hall–Kier alpha value is -2.11. The molecule has 0 fully saturated rings. The molecule has 1 rings (SSSR count). The second-order valence-corrected chi connectivity index (χ2v) is 3.26. The van der Waals surface area contributed by atoms with E-state index in [4.69, 9.17) is 0 Å². The molecule has 86 valence electrons. The second kappa shape index (κ2) is 5.11. The lowest BCUT2D eigenvalue weighted by Gasteiger charge is -2.15. The van der Waals surface area contributed by atoms with Crippen molar-refractivity contribution in [2.75, 3.05) is 20.6 Å². The molecule has 2 N–H and O–H groups in total. The van der Waals surface area contributed by atoms with Crippen LogP contribution in [0, 0.1) is 0 Å². The lowest BCUT2D eigenvalue weighted by Crippen LogP contribution is -2.37. The van der Waals surface area contributed by atoms with Crippen LogP contribution in [0.5, 0.6) is 0 Å². The van der Waals surface area contributed by atoms with Crippen molar-refractivity contribution in [3.8, 4) is 0 Å². The number of rotatable bonds is 3. The molecule has 0 saturated carbocycles. The minimum Gasteiger partial charge on any atom is -0.358 e. The average Bonchev–Trinajstić information content (AvgIpc) is 2.27. The van der Waals surface area contributed by atoms with E-state index in [0.29, 0.717) is 0 Å². The summed E-state index contributed by atoms with van der Waals surface area (Å²) in [5, 5.41) is 2.41. The molecule has 0 aliphatic rings. The number of carbonyl (C=O) groups is 2. The lowest BCUT2D eigenvalue weighted by atomic mass is 10.3. The largest absolute Gasteiger partial charge is 0.358 e. The Morgan fingerprint density at radius 1 is 1.44 bits per heavy atom. The molecule has 0 aromatic carbocycles. The van der Waals surface area contributed by atoms with Crippen LogP contribution in [-0.2, 0) is 4.79 Å². The van der Waals surface area contributed by atoms with Crippen LogP contribution < -0.4 is 10.9 Å². The molecule has 0 bridgehead atoms. The molecule has 0 saturated heterocycles. The van der Waals surface area contributed by atoms with Crippen molar-refractivity contribution in [1.29, 1.82) is 0 Å². The van der Waals surface area contributed by atoms with Crippen molar-refractivity contribution >= 4 is 11.8 Å². The minimum absolute atomic E-state index is 0.0493. The molecule has 0 spiro atoms. The Morgan fingerprint density at radius 2 is 2.12 bits per heavy atom. The van der Waals surface area contributed by atoms with E-state index < -0.39 is 5.91 Å². The first-order valence-electron chi connectivity index (χ1n) is 4.70. The number of H-pyrrole nitrogens is 1. The van der Waals surface area contributed by atoms with Gasteiger partial charge in [0, 0.05) is 20.2 Å². The summed E-state index contributed by atoms with van der Waals surface area (Å²) in [4.78, 5) is 37.4. The summed E-state index contributed by atoms with van der Waals surface area (Å²) in [6.07, 6.45) is 0. The van der Waals surface area contributed by atoms with Gasteiger partial charge in [0.2, 0.25) is 11.5 Å². The Morgan fingerprint density at radius 3 is 2.69 bits per heavy atom. The molecular formula is C10H13N3O3. The maximum atomic E-state index is 11.7. The fourth-order valence-electron chi connectivity index (χ4n) is 1.14. The molecule has 1 aromatic heterocycles. The van der Waals surface area contributed by atoms with Crippen molar-refractivity contribution in [3.63, 3.8) is 0 Å². The molecule has 0 unspecified atom stereocenters. The van der Waals surface area contributed by atoms with Gasteiger partial charge in [-0.1, -0.05) is 6.07 Å². The fraction of sp³-hybridized carbons (Fsp3) is 0.300. The van der Waals surface area contributed by atoms with E-state index in [1.165, 1.54) is 37.2 Å². The molecule has 1 aromatic rings. The Balaban J connectivity index is 2.78. The fourth-order valence-corrected chi connectivity index (χ4v) is 1.14. The van der Waals surface area contributed by atoms with Gasteiger partial charge in [-0.05, 0) is 6.07 Å². The highest BCUT2D eigenvalue weighted by molar-refractivity contribution is 5.94. The number of amides is 2. The van der Waals surface area contributed by atoms with Gasteiger partial charge in [0.05, 0.1) is 6.54 Å². The van der Waals surface area contributed by atoms with Crippen LogP contribution in [0.4, 0.5) is 0 Å². The summed E-state index contributed by atoms with van der Waals surface area (Å²) in [5.41, 5.74) is -0.182. The first-order valence-corrected chi connectivity index (χ1v) is 4.70. The van der Waals surface area contributed by atoms with Crippen LogP contribution in [0.2, 0.25) is 0 Å². The number of nitrogens with one attached hydrogen (secondary N) is 2. The van der Waals surface area contributed by atoms with Crippen molar-refractivity contribution in [1.82, 2.24) is 15.2 Å². The van der Waals surface area contributed by atoms with Crippen LogP contribution in [-0.4, -0.2) is 42.3 Å². The van der Waals surface area contributed by atoms with Crippen LogP contribution >= 0.6 is 0 Å². The highest BCUT2D eigenvalue weighted by Crippen LogP contribution is 1.96. The molecule has 2 amide bonds. The normalized spacial score (nSPS) is 9.62. The maximum absolute atomic E-state index is 11.7. The van der Waals surface area contributed by atoms with E-state index in [1.54, 1.807) is 0 Å². The Kier molecular flexibility index (Phi) is 3.82. The van der Waals surface area contributed by atoms with E-state index in [1.807, 2.05) is 0 Å². The smallest absolute Gasteiger partial charge is 0.270 e. The van der Waals surface area contributed by atoms with Gasteiger partial charge in [-0.25, -0.2) is 0 Å². The summed E-state index contributed by atoms with van der Waals surface area (Å²) in [6, 6.07) is 4.29. The van der Waals surface area contributed by atoms with Gasteiger partial charge in [-0.2, -0.15) is 0 Å². The van der Waals surface area contributed by atoms with E-state index in [9.17, 15) is 14.4 Å². The number of pyridine rings is 1. The topological polar surface area (TPSA) is 82.3 Å². The quantitative estimate of drug-likeness (QED) is 0.703. The number of carbonyl (C=O) groups excluding carboxylic acids is 2. The number of aromatic amines is 1. The Bertz CT molecular complexity index is 453. The third-order valence-corrected chi connectivity index (χ3v) is 2.01. The first-order chi connectivity index (χ1) is 7.54. The Labute approximate surface area is 92.3 Å². The molecule has 1 heterocycles. The first kappa shape index (κ1) is 12.0. The monoisotopic (exact) mass is 223 g/mol. The summed E-state index contributed by atoms with van der Waals surface area (Å²) in [5.74, 6) is -0.671. The van der Waals surface area contributed by atoms with E-state index >= 15 is 0 Å². The zero-order valence-corrected chi connectivity index (χ0v) is 9.11. The van der Waals surface area contributed by atoms with Crippen LogP contribution in [0.3, 0.4) is 0 Å². The third-order valence-electron chi connectivity index (χ3n) is 2.01.